The number of rotatable bonds is 10. The Kier molecular flexibility index (Phi) is 8.48. The number of hydrogen-bond acceptors (Lipinski definition) is 6. The number of hydrogen-bond donors (Lipinski definition) is 1. The van der Waals surface area contributed by atoms with Gasteiger partial charge in [0.05, 0.1) is 18.2 Å². The Morgan fingerprint density at radius 1 is 1.09 bits per heavy atom. The fraction of sp³-hybridized carbons (Fsp3) is 0.462. The van der Waals surface area contributed by atoms with Gasteiger partial charge < -0.3 is 14.4 Å². The van der Waals surface area contributed by atoms with Crippen LogP contribution in [0.15, 0.2) is 53.1 Å². The number of ether oxygens (including phenoxy) is 1. The Hall–Kier alpha value is -2.12. The van der Waals surface area contributed by atoms with E-state index in [1.54, 1.807) is 12.1 Å². The zero-order chi connectivity index (χ0) is 24.0. The van der Waals surface area contributed by atoms with E-state index in [9.17, 15) is 5.11 Å². The Bertz CT molecular complexity index is 1060. The molecule has 1 atom stereocenters. The van der Waals surface area contributed by atoms with Gasteiger partial charge in [0.1, 0.15) is 10.8 Å². The van der Waals surface area contributed by atoms with Crippen molar-refractivity contribution in [3.8, 4) is 5.75 Å². The second kappa shape index (κ2) is 11.5. The van der Waals surface area contributed by atoms with Crippen LogP contribution in [0.2, 0.25) is 10.0 Å². The van der Waals surface area contributed by atoms with Crippen molar-refractivity contribution >= 4 is 23.2 Å². The molecule has 1 N–H and O–H groups in total. The molecule has 0 aliphatic heterocycles. The van der Waals surface area contributed by atoms with Crippen LogP contribution in [0.25, 0.3) is 0 Å². The number of aliphatic hydroxyl groups is 1. The molecule has 1 aliphatic carbocycles. The molecule has 2 aromatic carbocycles. The molecule has 0 radical (unpaired) electrons. The SMILES string of the molecule is CN(CCCOc1cccc(Cl)c1Cl)Cc1nc(C(O)(c2ccccc2)C2CCCCC2)no1. The molecule has 6 nitrogen and oxygen atoms in total. The van der Waals surface area contributed by atoms with E-state index in [2.05, 4.69) is 15.0 Å². The van der Waals surface area contributed by atoms with Gasteiger partial charge in [0.25, 0.3) is 0 Å². The van der Waals surface area contributed by atoms with Crippen molar-refractivity contribution in [3.05, 3.63) is 75.9 Å². The van der Waals surface area contributed by atoms with Gasteiger partial charge in [-0.2, -0.15) is 4.98 Å². The Morgan fingerprint density at radius 2 is 1.85 bits per heavy atom. The number of aromatic nitrogens is 2. The van der Waals surface area contributed by atoms with Gasteiger partial charge >= 0.3 is 0 Å². The Labute approximate surface area is 210 Å². The topological polar surface area (TPSA) is 71.6 Å². The molecule has 1 unspecified atom stereocenters. The minimum absolute atomic E-state index is 0.0716. The van der Waals surface area contributed by atoms with Crippen LogP contribution >= 0.6 is 23.2 Å². The number of nitrogens with zero attached hydrogens (tertiary/aromatic N) is 3. The van der Waals surface area contributed by atoms with E-state index >= 15 is 0 Å². The molecule has 34 heavy (non-hydrogen) atoms. The highest BCUT2D eigenvalue weighted by Crippen LogP contribution is 2.42. The lowest BCUT2D eigenvalue weighted by atomic mass is 9.73. The average molecular weight is 504 g/mol. The Morgan fingerprint density at radius 3 is 2.62 bits per heavy atom. The standard InChI is InChI=1S/C26H31Cl2N3O3/c1-31(16-9-17-33-22-15-8-14-21(27)24(22)28)18-23-29-25(30-34-23)26(32,19-10-4-2-5-11-19)20-12-6-3-7-13-20/h2,4-5,8,10-11,14-15,20,32H,3,6-7,9,12-13,16-18H2,1H3. The molecular formula is C26H31Cl2N3O3. The molecule has 182 valence electrons. The summed E-state index contributed by atoms with van der Waals surface area (Å²) in [5, 5.41) is 17.1. The van der Waals surface area contributed by atoms with Gasteiger partial charge in [0.15, 0.2) is 5.60 Å². The first kappa shape index (κ1) is 25.0. The van der Waals surface area contributed by atoms with Gasteiger partial charge in [-0.3, -0.25) is 4.90 Å². The fourth-order valence-corrected chi connectivity index (χ4v) is 5.00. The van der Waals surface area contributed by atoms with Crippen molar-refractivity contribution in [2.75, 3.05) is 20.2 Å². The molecule has 0 spiro atoms. The molecular weight excluding hydrogens is 473 g/mol. The van der Waals surface area contributed by atoms with Crippen LogP contribution < -0.4 is 4.74 Å². The van der Waals surface area contributed by atoms with Crippen molar-refractivity contribution in [2.45, 2.75) is 50.7 Å². The number of halogens is 2. The maximum Gasteiger partial charge on any atom is 0.240 e. The molecule has 4 rings (SSSR count). The quantitative estimate of drug-likeness (QED) is 0.337. The van der Waals surface area contributed by atoms with Crippen LogP contribution in [-0.4, -0.2) is 40.3 Å². The predicted octanol–water partition coefficient (Wildman–Crippen LogP) is 6.09. The Balaban J connectivity index is 1.37. The third-order valence-corrected chi connectivity index (χ3v) is 7.28. The largest absolute Gasteiger partial charge is 0.492 e. The van der Waals surface area contributed by atoms with E-state index in [0.29, 0.717) is 40.7 Å². The van der Waals surface area contributed by atoms with Gasteiger partial charge in [-0.1, -0.05) is 84.0 Å². The van der Waals surface area contributed by atoms with E-state index in [1.807, 2.05) is 43.4 Å². The maximum absolute atomic E-state index is 11.9. The normalized spacial score (nSPS) is 16.5. The molecule has 1 aromatic heterocycles. The van der Waals surface area contributed by atoms with Crippen molar-refractivity contribution in [1.29, 1.82) is 0 Å². The van der Waals surface area contributed by atoms with Crippen LogP contribution in [0.3, 0.4) is 0 Å². The second-order valence-corrected chi connectivity index (χ2v) is 9.76. The minimum Gasteiger partial charge on any atom is -0.492 e. The molecule has 1 heterocycles. The molecule has 3 aromatic rings. The third kappa shape index (κ3) is 5.74. The van der Waals surface area contributed by atoms with Crippen molar-refractivity contribution in [3.63, 3.8) is 0 Å². The number of benzene rings is 2. The first-order chi connectivity index (χ1) is 16.5. The van der Waals surface area contributed by atoms with Gasteiger partial charge in [-0.25, -0.2) is 0 Å². The second-order valence-electron chi connectivity index (χ2n) is 8.97. The summed E-state index contributed by atoms with van der Waals surface area (Å²) in [4.78, 5) is 6.72. The fourth-order valence-electron chi connectivity index (χ4n) is 4.66. The molecule has 8 heteroatoms. The summed E-state index contributed by atoms with van der Waals surface area (Å²) in [5.41, 5.74) is -0.425. The van der Waals surface area contributed by atoms with E-state index in [4.69, 9.17) is 32.5 Å². The molecule has 1 fully saturated rings. The highest BCUT2D eigenvalue weighted by Gasteiger charge is 2.44. The lowest BCUT2D eigenvalue weighted by molar-refractivity contribution is -0.0101. The molecule has 0 saturated heterocycles. The zero-order valence-electron chi connectivity index (χ0n) is 19.4. The highest BCUT2D eigenvalue weighted by atomic mass is 35.5. The monoisotopic (exact) mass is 503 g/mol. The first-order valence-electron chi connectivity index (χ1n) is 11.8. The lowest BCUT2D eigenvalue weighted by Crippen LogP contribution is -2.38. The lowest BCUT2D eigenvalue weighted by Gasteiger charge is -2.36. The summed E-state index contributed by atoms with van der Waals surface area (Å²) in [6.45, 7) is 1.76. The van der Waals surface area contributed by atoms with Crippen LogP contribution in [0.4, 0.5) is 0 Å². The van der Waals surface area contributed by atoms with Gasteiger partial charge in [0.2, 0.25) is 11.7 Å². The summed E-state index contributed by atoms with van der Waals surface area (Å²) < 4.78 is 11.3. The van der Waals surface area contributed by atoms with Gasteiger partial charge in [0, 0.05) is 6.54 Å². The molecule has 1 aliphatic rings. The third-order valence-electron chi connectivity index (χ3n) is 6.48. The van der Waals surface area contributed by atoms with Crippen molar-refractivity contribution in [2.24, 2.45) is 5.92 Å². The summed E-state index contributed by atoms with van der Waals surface area (Å²) in [7, 11) is 1.99. The summed E-state index contributed by atoms with van der Waals surface area (Å²) >= 11 is 12.2. The summed E-state index contributed by atoms with van der Waals surface area (Å²) in [6, 6.07) is 15.1. The van der Waals surface area contributed by atoms with Crippen LogP contribution in [0.5, 0.6) is 5.75 Å². The highest BCUT2D eigenvalue weighted by molar-refractivity contribution is 6.42. The molecule has 0 bridgehead atoms. The predicted molar refractivity (Wildman–Crippen MR) is 133 cm³/mol. The summed E-state index contributed by atoms with van der Waals surface area (Å²) in [6.07, 6.45) is 6.11. The molecule has 1 saturated carbocycles. The van der Waals surface area contributed by atoms with E-state index < -0.39 is 5.60 Å². The maximum atomic E-state index is 11.9. The van der Waals surface area contributed by atoms with Crippen LogP contribution in [0, 0.1) is 5.92 Å². The van der Waals surface area contributed by atoms with Crippen molar-refractivity contribution < 1.29 is 14.4 Å². The molecule has 0 amide bonds. The van der Waals surface area contributed by atoms with E-state index in [0.717, 1.165) is 44.2 Å². The minimum atomic E-state index is -1.24. The van der Waals surface area contributed by atoms with Crippen molar-refractivity contribution in [1.82, 2.24) is 15.0 Å². The average Bonchev–Trinajstić information content (AvgIpc) is 3.33. The van der Waals surface area contributed by atoms with Crippen LogP contribution in [0.1, 0.15) is 55.8 Å². The zero-order valence-corrected chi connectivity index (χ0v) is 20.9. The van der Waals surface area contributed by atoms with Gasteiger partial charge in [-0.05, 0) is 49.9 Å². The van der Waals surface area contributed by atoms with E-state index in [1.165, 1.54) is 6.42 Å². The first-order valence-corrected chi connectivity index (χ1v) is 12.6. The van der Waals surface area contributed by atoms with Gasteiger partial charge in [-0.15, -0.1) is 0 Å². The van der Waals surface area contributed by atoms with E-state index in [-0.39, 0.29) is 5.92 Å². The summed E-state index contributed by atoms with van der Waals surface area (Å²) in [5.74, 6) is 1.50. The van der Waals surface area contributed by atoms with Crippen LogP contribution in [-0.2, 0) is 12.1 Å². The smallest absolute Gasteiger partial charge is 0.240 e.